The highest BCUT2D eigenvalue weighted by molar-refractivity contribution is 7.70. The minimum atomic E-state index is -2.78. The van der Waals surface area contributed by atoms with Crippen LogP contribution in [0.25, 0.3) is 33.4 Å². The maximum absolute atomic E-state index is 14.7. The molecule has 9 nitrogen and oxygen atoms in total. The van der Waals surface area contributed by atoms with Crippen molar-refractivity contribution >= 4 is 30.2 Å². The average molecular weight is 739 g/mol. The monoisotopic (exact) mass is 738 g/mol. The van der Waals surface area contributed by atoms with Gasteiger partial charge in [-0.25, -0.2) is 21.9 Å². The molecule has 5 rings (SSSR count). The fraction of sp³-hybridized carbons (Fsp3) is 0.342. The van der Waals surface area contributed by atoms with Crippen LogP contribution in [0.5, 0.6) is 17.2 Å². The van der Waals surface area contributed by atoms with Crippen molar-refractivity contribution in [2.75, 3.05) is 19.8 Å². The van der Waals surface area contributed by atoms with Crippen molar-refractivity contribution in [3.8, 4) is 39.7 Å². The number of nitrogens with one attached hydrogen (secondary N) is 1. The molecule has 51 heavy (non-hydrogen) atoms. The van der Waals surface area contributed by atoms with Gasteiger partial charge in [0, 0.05) is 42.5 Å². The largest absolute Gasteiger partial charge is 0.491 e. The molecule has 272 valence electrons. The number of fused-ring (bicyclic) bond motifs is 1. The number of aryl methyl sites for hydroxylation is 3. The number of hydrogen-bond acceptors (Lipinski definition) is 7. The van der Waals surface area contributed by atoms with E-state index in [4.69, 9.17) is 18.3 Å². The summed E-state index contributed by atoms with van der Waals surface area (Å²) in [7, 11) is -3.06. The van der Waals surface area contributed by atoms with E-state index in [1.165, 1.54) is 10.6 Å². The first kappa shape index (κ1) is 37.9. The van der Waals surface area contributed by atoms with Crippen LogP contribution in [-0.4, -0.2) is 41.1 Å². The summed E-state index contributed by atoms with van der Waals surface area (Å²) < 4.78 is 79.3. The molecule has 2 heterocycles. The maximum atomic E-state index is 14.7. The van der Waals surface area contributed by atoms with E-state index in [0.29, 0.717) is 41.9 Å². The lowest BCUT2D eigenvalue weighted by molar-refractivity contribution is 0.202. The summed E-state index contributed by atoms with van der Waals surface area (Å²) in [6.07, 6.45) is 1.95. The van der Waals surface area contributed by atoms with Crippen molar-refractivity contribution in [3.05, 3.63) is 99.5 Å². The molecule has 0 spiro atoms. The summed E-state index contributed by atoms with van der Waals surface area (Å²) in [5.74, 6) is -0.399. The molecule has 0 aliphatic carbocycles. The molecule has 1 N–H and O–H groups in total. The van der Waals surface area contributed by atoms with Crippen molar-refractivity contribution in [3.63, 3.8) is 0 Å². The van der Waals surface area contributed by atoms with Crippen LogP contribution >= 0.6 is 0 Å². The first-order chi connectivity index (χ1) is 23.9. The van der Waals surface area contributed by atoms with Crippen LogP contribution < -0.4 is 19.8 Å². The lowest BCUT2D eigenvalue weighted by atomic mass is 10.0. The number of thiol groups is 1. The summed E-state index contributed by atoms with van der Waals surface area (Å²) >= 11 is 0. The Hall–Kier alpha value is -4.30. The molecule has 2 aromatic heterocycles. The quantitative estimate of drug-likeness (QED) is 0.0712. The molecule has 0 radical (unpaired) electrons. The Morgan fingerprint density at radius 2 is 1.61 bits per heavy atom. The number of pyridine rings is 1. The highest BCUT2D eigenvalue weighted by Gasteiger charge is 2.37. The second-order valence-electron chi connectivity index (χ2n) is 14.1. The predicted octanol–water partition coefficient (Wildman–Crippen LogP) is 8.21. The minimum Gasteiger partial charge on any atom is -0.491 e. The zero-order valence-electron chi connectivity index (χ0n) is 30.1. The van der Waals surface area contributed by atoms with Crippen molar-refractivity contribution < 1.29 is 35.5 Å². The first-order valence-corrected chi connectivity index (χ1v) is 20.7. The van der Waals surface area contributed by atoms with Crippen LogP contribution in [0.1, 0.15) is 37.5 Å². The van der Waals surface area contributed by atoms with Gasteiger partial charge in [0.15, 0.2) is 19.9 Å². The van der Waals surface area contributed by atoms with E-state index in [1.54, 1.807) is 37.5 Å². The highest BCUT2D eigenvalue weighted by Crippen LogP contribution is 2.41. The Labute approximate surface area is 299 Å². The van der Waals surface area contributed by atoms with Crippen molar-refractivity contribution in [1.82, 2.24) is 9.29 Å². The number of nitrogens with zero attached hydrogens (tertiary/aromatic N) is 1. The van der Waals surface area contributed by atoms with Crippen LogP contribution in [0.2, 0.25) is 18.1 Å². The molecular formula is C38H44F2N2O7SSi. The van der Waals surface area contributed by atoms with Crippen LogP contribution in [-0.2, 0) is 28.8 Å². The van der Waals surface area contributed by atoms with Gasteiger partial charge >= 0.3 is 0 Å². The lowest BCUT2D eigenvalue weighted by Gasteiger charge is -2.36. The number of halogens is 2. The number of ether oxygens (including phenoxy) is 2. The van der Waals surface area contributed by atoms with E-state index in [-0.39, 0.29) is 34.2 Å². The van der Waals surface area contributed by atoms with Crippen molar-refractivity contribution in [1.29, 1.82) is 0 Å². The highest BCUT2D eigenvalue weighted by atomic mass is 32.2. The van der Waals surface area contributed by atoms with Crippen molar-refractivity contribution in [2.45, 2.75) is 59.2 Å². The lowest BCUT2D eigenvalue weighted by Crippen LogP contribution is -2.41. The Bertz CT molecular complexity index is 2190. The molecule has 0 unspecified atom stereocenters. The van der Waals surface area contributed by atoms with Gasteiger partial charge in [0.2, 0.25) is 10.9 Å². The molecule has 13 heteroatoms. The SMILES string of the molecule is Cc1cc(-c2cc3c(=O)n(C)cc(-c4cc(CCN[SH](=O)=O)ccc4Oc4ccc(F)cc4F)c3o2)cc(C)c1OCCO[Si](C)(C)C(C)(C)C. The molecule has 0 aliphatic rings. The summed E-state index contributed by atoms with van der Waals surface area (Å²) in [5, 5.41) is 0.419. The first-order valence-electron chi connectivity index (χ1n) is 16.6. The standard InChI is InChI=1S/C38H44F2N2O7SSi/c1-23-17-26(18-24(2)35(23)46-15-16-47-51(7,8)38(3,4)5)34-21-29-36(49-34)30(22-42(6)37(29)43)28-19-25(13-14-41-50(44)45)9-11-32(28)48-33-12-10-27(39)20-31(33)40/h9-12,17-22,50H,13-16H2,1-8H3,(H,41,44,45). The maximum Gasteiger partial charge on any atom is 0.261 e. The van der Waals surface area contributed by atoms with Crippen LogP contribution in [0.3, 0.4) is 0 Å². The van der Waals surface area contributed by atoms with E-state index in [9.17, 15) is 22.0 Å². The van der Waals surface area contributed by atoms with Crippen LogP contribution in [0.4, 0.5) is 8.78 Å². The fourth-order valence-electron chi connectivity index (χ4n) is 5.56. The number of benzene rings is 3. The van der Waals surface area contributed by atoms with Gasteiger partial charge in [0.1, 0.15) is 35.3 Å². The second-order valence-corrected chi connectivity index (χ2v) is 19.8. The van der Waals surface area contributed by atoms with Gasteiger partial charge in [-0.15, -0.1) is 0 Å². The fourth-order valence-corrected chi connectivity index (χ4v) is 6.88. The van der Waals surface area contributed by atoms with Crippen molar-refractivity contribution in [2.24, 2.45) is 7.05 Å². The molecule has 0 atom stereocenters. The molecule has 0 saturated carbocycles. The third kappa shape index (κ3) is 8.61. The van der Waals surface area contributed by atoms with Gasteiger partial charge in [-0.3, -0.25) is 4.79 Å². The Balaban J connectivity index is 1.53. The van der Waals surface area contributed by atoms with Gasteiger partial charge in [-0.1, -0.05) is 26.8 Å². The van der Waals surface area contributed by atoms with Gasteiger partial charge in [0.05, 0.1) is 12.0 Å². The van der Waals surface area contributed by atoms with Crippen LogP contribution in [0.15, 0.2) is 70.0 Å². The Morgan fingerprint density at radius 3 is 2.25 bits per heavy atom. The topological polar surface area (TPSA) is 109 Å². The van der Waals surface area contributed by atoms with Gasteiger partial charge in [0.25, 0.3) is 5.56 Å². The molecule has 3 aromatic carbocycles. The molecule has 0 saturated heterocycles. The molecule has 0 bridgehead atoms. The van der Waals surface area contributed by atoms with E-state index < -0.39 is 30.8 Å². The molecule has 5 aromatic rings. The van der Waals surface area contributed by atoms with Gasteiger partial charge < -0.3 is 22.9 Å². The average Bonchev–Trinajstić information content (AvgIpc) is 3.49. The summed E-state index contributed by atoms with van der Waals surface area (Å²) in [5.41, 5.74) is 4.21. The zero-order chi connectivity index (χ0) is 37.2. The number of hydrogen-bond donors (Lipinski definition) is 2. The second kappa shape index (κ2) is 15.1. The normalized spacial score (nSPS) is 12.2. The Morgan fingerprint density at radius 1 is 0.922 bits per heavy atom. The third-order valence-electron chi connectivity index (χ3n) is 9.30. The molecular weight excluding hydrogens is 695 g/mol. The molecule has 0 aliphatic heterocycles. The van der Waals surface area contributed by atoms with Gasteiger partial charge in [-0.05, 0) is 97.6 Å². The smallest absolute Gasteiger partial charge is 0.261 e. The number of furan rings is 1. The summed E-state index contributed by atoms with van der Waals surface area (Å²) in [6.45, 7) is 16.0. The molecule has 0 amide bonds. The third-order valence-corrected chi connectivity index (χ3v) is 14.3. The predicted molar refractivity (Wildman–Crippen MR) is 199 cm³/mol. The number of aromatic nitrogens is 1. The van der Waals surface area contributed by atoms with E-state index >= 15 is 0 Å². The molecule has 0 fully saturated rings. The van der Waals surface area contributed by atoms with E-state index in [0.717, 1.165) is 40.1 Å². The Kier molecular flexibility index (Phi) is 11.3. The van der Waals surface area contributed by atoms with E-state index in [1.807, 2.05) is 26.0 Å². The summed E-state index contributed by atoms with van der Waals surface area (Å²) in [6, 6.07) is 13.7. The zero-order valence-corrected chi connectivity index (χ0v) is 32.0. The van der Waals surface area contributed by atoms with Crippen LogP contribution in [0, 0.1) is 25.5 Å². The van der Waals surface area contributed by atoms with E-state index in [2.05, 4.69) is 38.6 Å². The van der Waals surface area contributed by atoms with Gasteiger partial charge in [-0.2, -0.15) is 0 Å². The summed E-state index contributed by atoms with van der Waals surface area (Å²) in [4.78, 5) is 13.4. The minimum absolute atomic E-state index is 0.102. The number of rotatable bonds is 13.